The minimum atomic E-state index is -1.75. The summed E-state index contributed by atoms with van der Waals surface area (Å²) >= 11 is 0. The summed E-state index contributed by atoms with van der Waals surface area (Å²) in [5, 5.41) is 117. The molecule has 0 radical (unpaired) electrons. The molecule has 2 unspecified atom stereocenters. The van der Waals surface area contributed by atoms with E-state index in [-0.39, 0.29) is 41.3 Å². The summed E-state index contributed by atoms with van der Waals surface area (Å²) in [6.45, 7) is 13.7. The molecule has 8 rings (SSSR count). The van der Waals surface area contributed by atoms with Crippen molar-refractivity contribution in [1.29, 1.82) is 0 Å². The minimum Gasteiger partial charge on any atom is -0.432 e. The lowest BCUT2D eigenvalue weighted by molar-refractivity contribution is -0.357. The fourth-order valence-electron chi connectivity index (χ4n) is 15.0. The molecule has 5 aliphatic carbocycles. The lowest BCUT2D eigenvalue weighted by Crippen LogP contribution is -2.68. The molecule has 11 N–H and O–H groups in total. The molecule has 4 saturated carbocycles. The highest BCUT2D eigenvalue weighted by atomic mass is 16.7. The van der Waals surface area contributed by atoms with Crippen LogP contribution in [-0.4, -0.2) is 180 Å². The Morgan fingerprint density at radius 1 is 0.692 bits per heavy atom. The summed E-state index contributed by atoms with van der Waals surface area (Å²) in [5.41, 5.74) is -2.68. The first-order valence-electron chi connectivity index (χ1n) is 23.9. The van der Waals surface area contributed by atoms with Crippen LogP contribution in [0.4, 0.5) is 0 Å². The largest absolute Gasteiger partial charge is 0.432 e. The highest BCUT2D eigenvalue weighted by Gasteiger charge is 2.72. The van der Waals surface area contributed by atoms with Gasteiger partial charge in [-0.15, -0.1) is 0 Å². The van der Waals surface area contributed by atoms with Gasteiger partial charge in [-0.2, -0.15) is 0 Å². The molecule has 18 nitrogen and oxygen atoms in total. The van der Waals surface area contributed by atoms with Crippen LogP contribution in [0.3, 0.4) is 0 Å². The second kappa shape index (κ2) is 17.5. The van der Waals surface area contributed by atoms with E-state index in [2.05, 4.69) is 40.7 Å². The van der Waals surface area contributed by atoms with E-state index in [9.17, 15) is 61.0 Å². The van der Waals surface area contributed by atoms with Crippen LogP contribution in [0.25, 0.3) is 0 Å². The first-order valence-corrected chi connectivity index (χ1v) is 23.9. The van der Waals surface area contributed by atoms with Gasteiger partial charge in [0.05, 0.1) is 36.9 Å². The number of ether oxygens (including phenoxy) is 6. The zero-order valence-corrected chi connectivity index (χ0v) is 38.8. The van der Waals surface area contributed by atoms with Gasteiger partial charge >= 0.3 is 5.97 Å². The molecule has 0 aromatic carbocycles. The summed E-state index contributed by atoms with van der Waals surface area (Å²) in [4.78, 5) is 14.7. The van der Waals surface area contributed by atoms with E-state index in [0.717, 1.165) is 24.8 Å². The summed E-state index contributed by atoms with van der Waals surface area (Å²) in [6.07, 6.45) is -13.4. The zero-order chi connectivity index (χ0) is 47.6. The fourth-order valence-corrected chi connectivity index (χ4v) is 15.0. The number of aliphatic hydroxyl groups excluding tert-OH is 10. The second-order valence-electron chi connectivity index (χ2n) is 22.7. The highest BCUT2D eigenvalue weighted by molar-refractivity contribution is 5.79. The van der Waals surface area contributed by atoms with Gasteiger partial charge in [-0.3, -0.25) is 4.79 Å². The molecule has 3 saturated heterocycles. The summed E-state index contributed by atoms with van der Waals surface area (Å²) in [5.74, 6) is -1.02. The van der Waals surface area contributed by atoms with Gasteiger partial charge in [0, 0.05) is 5.92 Å². The molecule has 0 aromatic rings. The molecule has 0 amide bonds. The van der Waals surface area contributed by atoms with E-state index in [1.165, 1.54) is 0 Å². The fraction of sp³-hybridized carbons (Fsp3) is 0.936. The first-order chi connectivity index (χ1) is 30.3. The van der Waals surface area contributed by atoms with E-state index in [1.807, 2.05) is 13.8 Å². The first kappa shape index (κ1) is 50.0. The number of hydrogen-bond acceptors (Lipinski definition) is 18. The summed E-state index contributed by atoms with van der Waals surface area (Å²) in [6, 6.07) is 0. The monoisotopic (exact) mass is 929 g/mol. The molecule has 372 valence electrons. The Hall–Kier alpha value is -1.43. The molecular formula is C47H76O18. The maximum Gasteiger partial charge on any atom is 0.315 e. The van der Waals surface area contributed by atoms with Crippen molar-refractivity contribution in [2.24, 2.45) is 50.7 Å². The molecule has 3 aliphatic heterocycles. The predicted molar refractivity (Wildman–Crippen MR) is 226 cm³/mol. The van der Waals surface area contributed by atoms with E-state index >= 15 is 0 Å². The molecule has 3 heterocycles. The van der Waals surface area contributed by atoms with Crippen molar-refractivity contribution >= 4 is 5.97 Å². The second-order valence-corrected chi connectivity index (χ2v) is 22.7. The molecule has 24 atom stereocenters. The Bertz CT molecular complexity index is 1770. The van der Waals surface area contributed by atoms with Crippen LogP contribution in [0.2, 0.25) is 0 Å². The maximum atomic E-state index is 14.7. The smallest absolute Gasteiger partial charge is 0.315 e. The van der Waals surface area contributed by atoms with Crippen LogP contribution in [0.5, 0.6) is 0 Å². The average Bonchev–Trinajstić information content (AvgIpc) is 3.25. The Morgan fingerprint density at radius 2 is 1.31 bits per heavy atom. The number of esters is 1. The van der Waals surface area contributed by atoms with Crippen LogP contribution >= 0.6 is 0 Å². The van der Waals surface area contributed by atoms with Crippen molar-refractivity contribution in [1.82, 2.24) is 0 Å². The van der Waals surface area contributed by atoms with Crippen molar-refractivity contribution in [2.45, 2.75) is 204 Å². The van der Waals surface area contributed by atoms with Gasteiger partial charge in [-0.1, -0.05) is 53.2 Å². The molecule has 18 heteroatoms. The van der Waals surface area contributed by atoms with Gasteiger partial charge in [0.25, 0.3) is 0 Å². The van der Waals surface area contributed by atoms with Crippen LogP contribution < -0.4 is 0 Å². The number of carbonyl (C=O) groups excluding carboxylic acids is 1. The lowest BCUT2D eigenvalue weighted by atomic mass is 9.33. The SMILES string of the molecule is C[C@@H]1CC[C@]2(C(=O)O[C@@H]3O[C@H](CO)[C@@H](O)[C@H](O)[C@H]3O)CC[C@]3(C)C(=CCC4[C@@]5(C)CC[C@H](O[C@@H]6OC[C@H](O)[C@H](O[C@@H]7O[C@H](CO)[C@@H](O)[C@H](O)[C@H]7O)[C@H]6O)C(C)(C)C5CC[C@]43C)[C@@H]2[C@]1(C)O. The van der Waals surface area contributed by atoms with Gasteiger partial charge < -0.3 is 84.6 Å². The molecule has 0 bridgehead atoms. The summed E-state index contributed by atoms with van der Waals surface area (Å²) < 4.78 is 35.5. The normalized spacial score (nSPS) is 55.4. The van der Waals surface area contributed by atoms with Gasteiger partial charge in [0.15, 0.2) is 12.6 Å². The Kier molecular flexibility index (Phi) is 13.4. The third kappa shape index (κ3) is 7.53. The van der Waals surface area contributed by atoms with Gasteiger partial charge in [0.2, 0.25) is 6.29 Å². The zero-order valence-electron chi connectivity index (χ0n) is 38.8. The van der Waals surface area contributed by atoms with Crippen molar-refractivity contribution in [3.8, 4) is 0 Å². The molecule has 7 fully saturated rings. The number of carbonyl (C=O) groups is 1. The van der Waals surface area contributed by atoms with Crippen LogP contribution in [0.15, 0.2) is 11.6 Å². The maximum absolute atomic E-state index is 14.7. The van der Waals surface area contributed by atoms with Crippen molar-refractivity contribution in [3.05, 3.63) is 11.6 Å². The average molecular weight is 929 g/mol. The van der Waals surface area contributed by atoms with Crippen LogP contribution in [0.1, 0.15) is 106 Å². The number of rotatable bonds is 8. The number of aliphatic hydroxyl groups is 11. The molecule has 65 heavy (non-hydrogen) atoms. The Labute approximate surface area is 380 Å². The molecule has 0 spiro atoms. The topological polar surface area (TPSA) is 295 Å². The third-order valence-electron chi connectivity index (χ3n) is 19.3. The number of hydrogen-bond donors (Lipinski definition) is 11. The van der Waals surface area contributed by atoms with E-state index < -0.39 is 133 Å². The number of fused-ring (bicyclic) bond motifs is 7. The Balaban J connectivity index is 1.02. The van der Waals surface area contributed by atoms with Crippen LogP contribution in [-0.2, 0) is 33.2 Å². The van der Waals surface area contributed by atoms with Gasteiger partial charge in [0.1, 0.15) is 67.1 Å². The van der Waals surface area contributed by atoms with E-state index in [1.54, 1.807) is 0 Å². The van der Waals surface area contributed by atoms with Crippen molar-refractivity contribution in [3.63, 3.8) is 0 Å². The molecule has 8 aliphatic rings. The minimum absolute atomic E-state index is 0.150. The Morgan fingerprint density at radius 3 is 1.94 bits per heavy atom. The highest BCUT2D eigenvalue weighted by Crippen LogP contribution is 2.76. The standard InChI is InChI=1S/C47H76O18/c1-21-10-15-47(41(58)65-40-34(56)32(54)30(52)25(19-49)62-40)17-16-44(5)22(37(47)46(21,7)59)8-9-27-43(4)13-12-28(42(2,3)26(43)11-14-45(27,44)6)63-38-35(57)36(23(50)20-60-38)64-39-33(55)31(53)29(51)24(18-48)61-39/h8,21,23-40,48-57,59H,9-20H2,1-7H3/t21-,23+,24-,25-,26?,27?,28+,29-,30-,31+,32+,33-,34-,35-,36+,37-,38+,39+,40+,43+,44-,45-,46-,47+/m1/s1. The number of allylic oxidation sites excluding steroid dienone is 1. The molecule has 0 aromatic heterocycles. The van der Waals surface area contributed by atoms with Crippen molar-refractivity contribution < 1.29 is 89.4 Å². The van der Waals surface area contributed by atoms with E-state index in [4.69, 9.17) is 28.4 Å². The quantitative estimate of drug-likeness (QED) is 0.0850. The lowest BCUT2D eigenvalue weighted by Gasteiger charge is -2.72. The van der Waals surface area contributed by atoms with Crippen molar-refractivity contribution in [2.75, 3.05) is 19.8 Å². The predicted octanol–water partition coefficient (Wildman–Crippen LogP) is -0.250. The summed E-state index contributed by atoms with van der Waals surface area (Å²) in [7, 11) is 0. The molecular weight excluding hydrogens is 852 g/mol. The van der Waals surface area contributed by atoms with E-state index in [0.29, 0.717) is 38.5 Å². The van der Waals surface area contributed by atoms with Gasteiger partial charge in [-0.05, 0) is 104 Å². The van der Waals surface area contributed by atoms with Gasteiger partial charge in [-0.25, -0.2) is 0 Å². The van der Waals surface area contributed by atoms with Crippen LogP contribution in [0, 0.1) is 50.7 Å². The third-order valence-corrected chi connectivity index (χ3v) is 19.3.